The number of halogens is 1. The van der Waals surface area contributed by atoms with E-state index in [2.05, 4.69) is 20.7 Å². The molecule has 2 N–H and O–H groups in total. The van der Waals surface area contributed by atoms with Gasteiger partial charge in [-0.1, -0.05) is 17.7 Å². The van der Waals surface area contributed by atoms with E-state index in [4.69, 9.17) is 21.1 Å². The van der Waals surface area contributed by atoms with Crippen LogP contribution in [0.1, 0.15) is 29.8 Å². The summed E-state index contributed by atoms with van der Waals surface area (Å²) in [6.45, 7) is 4.72. The van der Waals surface area contributed by atoms with Crippen LogP contribution in [0.5, 0.6) is 5.75 Å². The van der Waals surface area contributed by atoms with E-state index in [1.165, 1.54) is 6.20 Å². The zero-order valence-electron chi connectivity index (χ0n) is 17.6. The summed E-state index contributed by atoms with van der Waals surface area (Å²) in [5.41, 5.74) is 2.42. The molecule has 1 amide bonds. The van der Waals surface area contributed by atoms with Crippen LogP contribution in [0.25, 0.3) is 11.0 Å². The number of hydrogen-bond donors (Lipinski definition) is 2. The first-order valence-electron chi connectivity index (χ1n) is 9.83. The number of aromatic nitrogens is 3. The van der Waals surface area contributed by atoms with Gasteiger partial charge in [-0.15, -0.1) is 0 Å². The predicted octanol–water partition coefficient (Wildman–Crippen LogP) is 3.02. The molecule has 0 bridgehead atoms. The number of fused-ring (bicyclic) bond motifs is 1. The standard InChI is InChI=1S/C21H24ClN5O4/c1-4-27-20-14(11-26-27)19(23-9-13-6-7-17(30-3)16(22)8-13)15(10-24-20)21(29)25-12-18(28)31-5-2/h6-8,10-11H,4-5,9,12H2,1-3H3,(H,23,24)(H,25,29). The van der Waals surface area contributed by atoms with Crippen LogP contribution in [0, 0.1) is 0 Å². The highest BCUT2D eigenvalue weighted by molar-refractivity contribution is 6.32. The van der Waals surface area contributed by atoms with Crippen molar-refractivity contribution in [2.75, 3.05) is 25.6 Å². The lowest BCUT2D eigenvalue weighted by atomic mass is 10.1. The van der Waals surface area contributed by atoms with Crippen molar-refractivity contribution >= 4 is 40.2 Å². The van der Waals surface area contributed by atoms with Gasteiger partial charge in [0.05, 0.1) is 41.6 Å². The van der Waals surface area contributed by atoms with Crippen molar-refractivity contribution in [3.05, 3.63) is 46.7 Å². The predicted molar refractivity (Wildman–Crippen MR) is 117 cm³/mol. The van der Waals surface area contributed by atoms with Gasteiger partial charge in [0.1, 0.15) is 12.3 Å². The summed E-state index contributed by atoms with van der Waals surface area (Å²) >= 11 is 6.22. The Balaban J connectivity index is 1.90. The number of methoxy groups -OCH3 is 1. The number of benzene rings is 1. The number of nitrogens with zero attached hydrogens (tertiary/aromatic N) is 3. The van der Waals surface area contributed by atoms with Gasteiger partial charge in [0.2, 0.25) is 0 Å². The summed E-state index contributed by atoms with van der Waals surface area (Å²) in [6, 6.07) is 5.46. The maximum Gasteiger partial charge on any atom is 0.325 e. The highest BCUT2D eigenvalue weighted by atomic mass is 35.5. The SMILES string of the molecule is CCOC(=O)CNC(=O)c1cnc2c(cnn2CC)c1NCc1ccc(OC)c(Cl)c1. The molecule has 0 radical (unpaired) electrons. The maximum absolute atomic E-state index is 12.8. The Hall–Kier alpha value is -3.33. The zero-order valence-corrected chi connectivity index (χ0v) is 18.3. The molecule has 31 heavy (non-hydrogen) atoms. The van der Waals surface area contributed by atoms with Crippen LogP contribution in [0.3, 0.4) is 0 Å². The van der Waals surface area contributed by atoms with Crippen molar-refractivity contribution in [1.82, 2.24) is 20.1 Å². The first kappa shape index (κ1) is 22.4. The Morgan fingerprint density at radius 2 is 2.03 bits per heavy atom. The van der Waals surface area contributed by atoms with E-state index in [-0.39, 0.29) is 13.2 Å². The quantitative estimate of drug-likeness (QED) is 0.487. The van der Waals surface area contributed by atoms with Crippen molar-refractivity contribution in [3.63, 3.8) is 0 Å². The number of ether oxygens (including phenoxy) is 2. The van der Waals surface area contributed by atoms with Gasteiger partial charge in [0.25, 0.3) is 5.91 Å². The smallest absolute Gasteiger partial charge is 0.325 e. The number of aryl methyl sites for hydroxylation is 1. The molecule has 2 heterocycles. The molecule has 0 spiro atoms. The van der Waals surface area contributed by atoms with Gasteiger partial charge in [0.15, 0.2) is 5.65 Å². The van der Waals surface area contributed by atoms with Gasteiger partial charge in [-0.25, -0.2) is 9.67 Å². The second-order valence-electron chi connectivity index (χ2n) is 6.55. The normalized spacial score (nSPS) is 10.7. The molecule has 164 valence electrons. The van der Waals surface area contributed by atoms with Gasteiger partial charge in [-0.2, -0.15) is 5.10 Å². The molecule has 0 unspecified atom stereocenters. The molecule has 0 aliphatic carbocycles. The van der Waals surface area contributed by atoms with Crippen molar-refractivity contribution in [1.29, 1.82) is 0 Å². The third-order valence-electron chi connectivity index (χ3n) is 4.59. The summed E-state index contributed by atoms with van der Waals surface area (Å²) < 4.78 is 11.8. The van der Waals surface area contributed by atoms with Gasteiger partial charge in [-0.3, -0.25) is 9.59 Å². The van der Waals surface area contributed by atoms with E-state index in [9.17, 15) is 9.59 Å². The lowest BCUT2D eigenvalue weighted by Gasteiger charge is -2.14. The van der Waals surface area contributed by atoms with E-state index in [1.807, 2.05) is 13.0 Å². The molecule has 1 aromatic carbocycles. The molecule has 9 nitrogen and oxygen atoms in total. The third kappa shape index (κ3) is 5.05. The second kappa shape index (κ2) is 10.1. The van der Waals surface area contributed by atoms with Gasteiger partial charge in [0, 0.05) is 19.3 Å². The molecule has 0 saturated carbocycles. The fourth-order valence-electron chi connectivity index (χ4n) is 3.09. The number of carbonyl (C=O) groups is 2. The summed E-state index contributed by atoms with van der Waals surface area (Å²) in [7, 11) is 1.55. The zero-order chi connectivity index (χ0) is 22.4. The Morgan fingerprint density at radius 1 is 1.23 bits per heavy atom. The Morgan fingerprint density at radius 3 is 2.71 bits per heavy atom. The number of pyridine rings is 1. The number of hydrogen-bond acceptors (Lipinski definition) is 7. The lowest BCUT2D eigenvalue weighted by molar-refractivity contribution is -0.141. The van der Waals surface area contributed by atoms with E-state index in [1.54, 1.807) is 37.0 Å². The molecule has 0 saturated heterocycles. The number of esters is 1. The molecule has 0 fully saturated rings. The molecule has 0 aliphatic rings. The average molecular weight is 446 g/mol. The fraction of sp³-hybridized carbons (Fsp3) is 0.333. The second-order valence-corrected chi connectivity index (χ2v) is 6.96. The minimum absolute atomic E-state index is 0.230. The monoisotopic (exact) mass is 445 g/mol. The van der Waals surface area contributed by atoms with Crippen LogP contribution in [-0.4, -0.2) is 46.9 Å². The Kier molecular flexibility index (Phi) is 7.30. The van der Waals surface area contributed by atoms with E-state index >= 15 is 0 Å². The number of nitrogens with one attached hydrogen (secondary N) is 2. The van der Waals surface area contributed by atoms with E-state index in [0.29, 0.717) is 46.1 Å². The molecular weight excluding hydrogens is 422 g/mol. The van der Waals surface area contributed by atoms with Crippen molar-refractivity contribution in [3.8, 4) is 5.75 Å². The average Bonchev–Trinajstić information content (AvgIpc) is 3.19. The van der Waals surface area contributed by atoms with Gasteiger partial charge < -0.3 is 20.1 Å². The summed E-state index contributed by atoms with van der Waals surface area (Å²) in [4.78, 5) is 28.8. The van der Waals surface area contributed by atoms with Crippen LogP contribution in [0.2, 0.25) is 5.02 Å². The van der Waals surface area contributed by atoms with Crippen LogP contribution in [0.4, 0.5) is 5.69 Å². The van der Waals surface area contributed by atoms with Crippen molar-refractivity contribution in [2.24, 2.45) is 0 Å². The van der Waals surface area contributed by atoms with Crippen LogP contribution < -0.4 is 15.4 Å². The lowest BCUT2D eigenvalue weighted by Crippen LogP contribution is -2.31. The molecule has 3 rings (SSSR count). The number of amides is 1. The highest BCUT2D eigenvalue weighted by Crippen LogP contribution is 2.28. The molecule has 0 atom stereocenters. The molecular formula is C21H24ClN5O4. The van der Waals surface area contributed by atoms with Gasteiger partial charge >= 0.3 is 5.97 Å². The van der Waals surface area contributed by atoms with Crippen LogP contribution in [-0.2, 0) is 22.6 Å². The molecule has 10 heteroatoms. The Bertz CT molecular complexity index is 1100. The molecule has 0 aliphatic heterocycles. The summed E-state index contributed by atoms with van der Waals surface area (Å²) in [6.07, 6.45) is 3.14. The summed E-state index contributed by atoms with van der Waals surface area (Å²) in [5.74, 6) is -0.368. The Labute approximate surface area is 184 Å². The number of rotatable bonds is 9. The number of carbonyl (C=O) groups excluding carboxylic acids is 2. The van der Waals surface area contributed by atoms with E-state index < -0.39 is 11.9 Å². The summed E-state index contributed by atoms with van der Waals surface area (Å²) in [5, 5.41) is 11.4. The molecule has 2 aromatic heterocycles. The first-order chi connectivity index (χ1) is 15.0. The fourth-order valence-corrected chi connectivity index (χ4v) is 3.37. The van der Waals surface area contributed by atoms with E-state index in [0.717, 1.165) is 5.56 Å². The number of anilines is 1. The topological polar surface area (TPSA) is 107 Å². The van der Waals surface area contributed by atoms with Gasteiger partial charge in [-0.05, 0) is 31.5 Å². The van der Waals surface area contributed by atoms with Crippen molar-refractivity contribution in [2.45, 2.75) is 26.9 Å². The minimum Gasteiger partial charge on any atom is -0.495 e. The highest BCUT2D eigenvalue weighted by Gasteiger charge is 2.19. The third-order valence-corrected chi connectivity index (χ3v) is 4.89. The van der Waals surface area contributed by atoms with Crippen LogP contribution >= 0.6 is 11.6 Å². The minimum atomic E-state index is -0.508. The molecule has 3 aromatic rings. The largest absolute Gasteiger partial charge is 0.495 e. The maximum atomic E-state index is 12.8. The first-order valence-corrected chi connectivity index (χ1v) is 10.2. The van der Waals surface area contributed by atoms with Crippen molar-refractivity contribution < 1.29 is 19.1 Å². The van der Waals surface area contributed by atoms with Crippen LogP contribution in [0.15, 0.2) is 30.6 Å².